The largest absolute Gasteiger partial charge is 0.297 e. The van der Waals surface area contributed by atoms with Crippen LogP contribution in [0.15, 0.2) is 11.6 Å². The van der Waals surface area contributed by atoms with Crippen molar-refractivity contribution in [3.63, 3.8) is 0 Å². The van der Waals surface area contributed by atoms with Gasteiger partial charge in [0, 0.05) is 12.1 Å². The normalized spacial score (nSPS) is 23.7. The third-order valence-electron chi connectivity index (χ3n) is 6.66. The van der Waals surface area contributed by atoms with Gasteiger partial charge in [-0.05, 0) is 39.2 Å². The van der Waals surface area contributed by atoms with Gasteiger partial charge in [0.2, 0.25) is 0 Å². The summed E-state index contributed by atoms with van der Waals surface area (Å²) in [5, 5.41) is 0. The van der Waals surface area contributed by atoms with Crippen molar-refractivity contribution in [2.45, 2.75) is 135 Å². The molecule has 2 aliphatic heterocycles. The maximum atomic E-state index is 2.64. The maximum Gasteiger partial charge on any atom is 0.0280 e. The lowest BCUT2D eigenvalue weighted by Crippen LogP contribution is -2.45. The molecule has 1 fully saturated rings. The monoisotopic (exact) mass is 347 g/mol. The summed E-state index contributed by atoms with van der Waals surface area (Å²) in [6.07, 6.45) is 28.6. The van der Waals surface area contributed by atoms with Crippen LogP contribution >= 0.6 is 0 Å². The van der Waals surface area contributed by atoms with Gasteiger partial charge in [0.1, 0.15) is 0 Å². The van der Waals surface area contributed by atoms with E-state index < -0.39 is 0 Å². The number of likely N-dealkylation sites (N-methyl/N-ethyl adjacent to an activating group) is 1. The SMILES string of the molecule is CCCCCCCCCCCCCCCC1=CC2CCCC(C1)N2C. The van der Waals surface area contributed by atoms with Gasteiger partial charge in [0.15, 0.2) is 0 Å². The van der Waals surface area contributed by atoms with Gasteiger partial charge in [0.25, 0.3) is 0 Å². The van der Waals surface area contributed by atoms with Gasteiger partial charge in [-0.2, -0.15) is 0 Å². The molecule has 0 aromatic heterocycles. The average Bonchev–Trinajstić information content (AvgIpc) is 2.59. The molecule has 25 heavy (non-hydrogen) atoms. The number of nitrogens with zero attached hydrogens (tertiary/aromatic N) is 1. The van der Waals surface area contributed by atoms with Crippen molar-refractivity contribution >= 4 is 0 Å². The number of hydrogen-bond donors (Lipinski definition) is 0. The van der Waals surface area contributed by atoms with Crippen LogP contribution in [-0.2, 0) is 0 Å². The molecule has 0 radical (unpaired) electrons. The molecular weight excluding hydrogens is 302 g/mol. The third-order valence-corrected chi connectivity index (χ3v) is 6.66. The van der Waals surface area contributed by atoms with E-state index >= 15 is 0 Å². The van der Waals surface area contributed by atoms with Gasteiger partial charge >= 0.3 is 0 Å². The molecule has 2 aliphatic rings. The summed E-state index contributed by atoms with van der Waals surface area (Å²) in [6, 6.07) is 1.63. The van der Waals surface area contributed by atoms with Crippen molar-refractivity contribution in [2.24, 2.45) is 0 Å². The Morgan fingerprint density at radius 3 is 1.92 bits per heavy atom. The Hall–Kier alpha value is -0.300. The number of unbranched alkanes of at least 4 members (excludes halogenated alkanes) is 12. The fourth-order valence-corrected chi connectivity index (χ4v) is 4.89. The first-order chi connectivity index (χ1) is 12.3. The highest BCUT2D eigenvalue weighted by atomic mass is 15.2. The fraction of sp³-hybridized carbons (Fsp3) is 0.917. The first kappa shape index (κ1) is 21.0. The third kappa shape index (κ3) is 8.29. The fourth-order valence-electron chi connectivity index (χ4n) is 4.89. The second-order valence-corrected chi connectivity index (χ2v) is 8.84. The highest BCUT2D eigenvalue weighted by Gasteiger charge is 2.30. The molecule has 2 bridgehead atoms. The minimum Gasteiger partial charge on any atom is -0.297 e. The van der Waals surface area contributed by atoms with E-state index in [9.17, 15) is 0 Å². The zero-order chi connectivity index (χ0) is 17.7. The van der Waals surface area contributed by atoms with E-state index in [0.29, 0.717) is 0 Å². The summed E-state index contributed by atoms with van der Waals surface area (Å²) in [7, 11) is 2.34. The topological polar surface area (TPSA) is 3.24 Å². The predicted octanol–water partition coefficient (Wildman–Crippen LogP) is 7.65. The van der Waals surface area contributed by atoms with Crippen molar-refractivity contribution in [3.05, 3.63) is 11.6 Å². The number of fused-ring (bicyclic) bond motifs is 2. The Balaban J connectivity index is 1.38. The Labute approximate surface area is 158 Å². The van der Waals surface area contributed by atoms with Crippen molar-refractivity contribution in [3.8, 4) is 0 Å². The maximum absolute atomic E-state index is 2.64. The molecule has 1 nitrogen and oxygen atoms in total. The minimum atomic E-state index is 0.768. The summed E-state index contributed by atoms with van der Waals surface area (Å²) in [4.78, 5) is 2.64. The van der Waals surface area contributed by atoms with E-state index in [1.165, 1.54) is 116 Å². The summed E-state index contributed by atoms with van der Waals surface area (Å²) < 4.78 is 0. The molecule has 146 valence electrons. The number of piperidine rings is 1. The van der Waals surface area contributed by atoms with Crippen molar-refractivity contribution in [1.82, 2.24) is 4.90 Å². The minimum absolute atomic E-state index is 0.768. The lowest BCUT2D eigenvalue weighted by atomic mass is 9.84. The van der Waals surface area contributed by atoms with Crippen molar-refractivity contribution in [1.29, 1.82) is 0 Å². The van der Waals surface area contributed by atoms with Crippen LogP contribution in [0.5, 0.6) is 0 Å². The molecule has 2 rings (SSSR count). The van der Waals surface area contributed by atoms with Crippen LogP contribution in [0.1, 0.15) is 122 Å². The van der Waals surface area contributed by atoms with E-state index in [1.54, 1.807) is 5.57 Å². The van der Waals surface area contributed by atoms with Crippen LogP contribution in [0.4, 0.5) is 0 Å². The van der Waals surface area contributed by atoms with E-state index in [0.717, 1.165) is 12.1 Å². The van der Waals surface area contributed by atoms with Gasteiger partial charge in [0.05, 0.1) is 0 Å². The van der Waals surface area contributed by atoms with Gasteiger partial charge in [-0.1, -0.05) is 102 Å². The molecule has 0 saturated carbocycles. The molecular formula is C24H45N. The van der Waals surface area contributed by atoms with Crippen LogP contribution < -0.4 is 0 Å². The quantitative estimate of drug-likeness (QED) is 0.230. The second kappa shape index (κ2) is 13.0. The van der Waals surface area contributed by atoms with Gasteiger partial charge in [-0.15, -0.1) is 0 Å². The Kier molecular flexibility index (Phi) is 10.9. The van der Waals surface area contributed by atoms with Crippen LogP contribution in [0, 0.1) is 0 Å². The van der Waals surface area contributed by atoms with Crippen molar-refractivity contribution < 1.29 is 0 Å². The molecule has 1 heteroatoms. The Morgan fingerprint density at radius 1 is 0.800 bits per heavy atom. The highest BCUT2D eigenvalue weighted by Crippen LogP contribution is 2.33. The standard InChI is InChI=1S/C24H45N/c1-3-4-5-6-7-8-9-10-11-12-13-14-15-17-22-20-23-18-16-19-24(21-22)25(23)2/h20,23-24H,3-19,21H2,1-2H3. The van der Waals surface area contributed by atoms with E-state index in [1.807, 2.05) is 0 Å². The highest BCUT2D eigenvalue weighted by molar-refractivity contribution is 5.15. The van der Waals surface area contributed by atoms with Gasteiger partial charge in [-0.3, -0.25) is 4.90 Å². The first-order valence-corrected chi connectivity index (χ1v) is 11.7. The lowest BCUT2D eigenvalue weighted by Gasteiger charge is -2.42. The molecule has 2 unspecified atom stereocenters. The molecule has 2 atom stereocenters. The van der Waals surface area contributed by atoms with Gasteiger partial charge < -0.3 is 0 Å². The zero-order valence-electron chi connectivity index (χ0n) is 17.4. The Morgan fingerprint density at radius 2 is 1.36 bits per heavy atom. The van der Waals surface area contributed by atoms with Crippen LogP contribution in [0.3, 0.4) is 0 Å². The van der Waals surface area contributed by atoms with E-state index in [4.69, 9.17) is 0 Å². The molecule has 0 aliphatic carbocycles. The molecule has 2 heterocycles. The molecule has 0 amide bonds. The summed E-state index contributed by atoms with van der Waals surface area (Å²) in [5.74, 6) is 0. The van der Waals surface area contributed by atoms with E-state index in [2.05, 4.69) is 24.9 Å². The van der Waals surface area contributed by atoms with Crippen LogP contribution in [-0.4, -0.2) is 24.0 Å². The summed E-state index contributed by atoms with van der Waals surface area (Å²) >= 11 is 0. The second-order valence-electron chi connectivity index (χ2n) is 8.84. The van der Waals surface area contributed by atoms with Crippen LogP contribution in [0.2, 0.25) is 0 Å². The van der Waals surface area contributed by atoms with Gasteiger partial charge in [-0.25, -0.2) is 0 Å². The number of rotatable bonds is 14. The smallest absolute Gasteiger partial charge is 0.0280 e. The molecule has 0 spiro atoms. The summed E-state index contributed by atoms with van der Waals surface area (Å²) in [6.45, 7) is 2.30. The molecule has 0 aromatic carbocycles. The van der Waals surface area contributed by atoms with E-state index in [-0.39, 0.29) is 0 Å². The lowest BCUT2D eigenvalue weighted by molar-refractivity contribution is 0.128. The predicted molar refractivity (Wildman–Crippen MR) is 112 cm³/mol. The molecule has 0 aromatic rings. The zero-order valence-corrected chi connectivity index (χ0v) is 17.4. The first-order valence-electron chi connectivity index (χ1n) is 11.7. The number of hydrogen-bond acceptors (Lipinski definition) is 1. The summed E-state index contributed by atoms with van der Waals surface area (Å²) in [5.41, 5.74) is 1.79. The average molecular weight is 348 g/mol. The van der Waals surface area contributed by atoms with Crippen LogP contribution in [0.25, 0.3) is 0 Å². The molecule has 1 saturated heterocycles. The van der Waals surface area contributed by atoms with Crippen molar-refractivity contribution in [2.75, 3.05) is 7.05 Å². The molecule has 0 N–H and O–H groups in total. The Bertz CT molecular complexity index is 359.